The molecule has 6 atom stereocenters. The number of nitrogens with one attached hydrogen (secondary N) is 3. The predicted octanol–water partition coefficient (Wildman–Crippen LogP) is 3.50. The van der Waals surface area contributed by atoms with E-state index in [-0.39, 0.29) is 55.6 Å². The molecular weight excluding hydrogens is 718 g/mol. The first-order valence-electron chi connectivity index (χ1n) is 19.3. The Morgan fingerprint density at radius 3 is 2.18 bits per heavy atom. The fourth-order valence-corrected chi connectivity index (χ4v) is 6.83. The molecule has 3 aromatic rings. The lowest BCUT2D eigenvalue weighted by atomic mass is 9.92. The lowest BCUT2D eigenvalue weighted by Crippen LogP contribution is -2.57. The maximum absolute atomic E-state index is 14.2. The van der Waals surface area contributed by atoms with Gasteiger partial charge in [0.25, 0.3) is 0 Å². The molecule has 2 aromatic carbocycles. The van der Waals surface area contributed by atoms with Gasteiger partial charge in [-0.25, -0.2) is 0 Å². The third-order valence-corrected chi connectivity index (χ3v) is 10.0. The molecule has 300 valence electrons. The number of aryl methyl sites for hydroxylation is 1. The highest BCUT2D eigenvalue weighted by molar-refractivity contribution is 5.99. The second kappa shape index (κ2) is 18.5. The van der Waals surface area contributed by atoms with E-state index in [1.807, 2.05) is 81.4 Å². The number of ether oxygens (including phenoxy) is 2. The molecule has 0 bridgehead atoms. The number of rotatable bonds is 19. The summed E-state index contributed by atoms with van der Waals surface area (Å²) in [6.07, 6.45) is 1.25. The zero-order chi connectivity index (χ0) is 40.6. The van der Waals surface area contributed by atoms with Crippen molar-refractivity contribution in [2.45, 2.75) is 116 Å². The minimum Gasteiger partial charge on any atom is -0.391 e. The van der Waals surface area contributed by atoms with Crippen LogP contribution in [0.3, 0.4) is 0 Å². The van der Waals surface area contributed by atoms with E-state index >= 15 is 0 Å². The minimum absolute atomic E-state index is 0.101. The summed E-state index contributed by atoms with van der Waals surface area (Å²) in [5.41, 5.74) is 1.03. The fourth-order valence-electron chi connectivity index (χ4n) is 6.83. The van der Waals surface area contributed by atoms with Crippen LogP contribution in [-0.4, -0.2) is 87.9 Å². The van der Waals surface area contributed by atoms with Gasteiger partial charge in [-0.05, 0) is 56.6 Å². The van der Waals surface area contributed by atoms with E-state index in [0.29, 0.717) is 12.8 Å². The first-order chi connectivity index (χ1) is 26.6. The van der Waals surface area contributed by atoms with Crippen molar-refractivity contribution in [2.24, 2.45) is 11.8 Å². The van der Waals surface area contributed by atoms with Crippen LogP contribution in [0, 0.1) is 11.8 Å². The van der Waals surface area contributed by atoms with Gasteiger partial charge in [0.2, 0.25) is 23.6 Å². The molecule has 2 aliphatic heterocycles. The average Bonchev–Trinajstić information content (AvgIpc) is 3.67. The highest BCUT2D eigenvalue weighted by atomic mass is 16.7. The van der Waals surface area contributed by atoms with Crippen LogP contribution in [0.15, 0.2) is 71.3 Å². The molecule has 2 aliphatic rings. The van der Waals surface area contributed by atoms with E-state index in [2.05, 4.69) is 21.1 Å². The van der Waals surface area contributed by atoms with Crippen LogP contribution < -0.4 is 20.7 Å². The first-order valence-corrected chi connectivity index (χ1v) is 19.3. The van der Waals surface area contributed by atoms with Gasteiger partial charge in [0.05, 0.1) is 30.7 Å². The molecule has 3 heterocycles. The zero-order valence-corrected chi connectivity index (χ0v) is 32.9. The van der Waals surface area contributed by atoms with E-state index in [4.69, 9.17) is 14.0 Å². The van der Waals surface area contributed by atoms with Gasteiger partial charge < -0.3 is 34.8 Å². The standard InChI is InChI=1S/C42H53N5O9/c1-25(2)19-32(37(49)42(6)24-54-42)44-39(51)34(21-29-15-11-8-12-16-29)47-27(5)20-33(40(47)52)45-38(50)31(18-17-28-13-9-7-10-14-28)43-35(48)22-30-23-36(56-46-30)55-41(53)26(3)4/h7-16,23,25-27,31-34H,17-22,24H2,1-6H3,(H,43,48)(H,44,51)(H,45,50)/t27?,31-,32-,33-,34-,42?/m0/s1. The maximum atomic E-state index is 14.2. The van der Waals surface area contributed by atoms with Crippen LogP contribution in [0.5, 0.6) is 5.95 Å². The summed E-state index contributed by atoms with van der Waals surface area (Å²) >= 11 is 0. The van der Waals surface area contributed by atoms with Gasteiger partial charge >= 0.3 is 11.9 Å². The third kappa shape index (κ3) is 11.1. The predicted molar refractivity (Wildman–Crippen MR) is 205 cm³/mol. The topological polar surface area (TPSA) is 190 Å². The van der Waals surface area contributed by atoms with Gasteiger partial charge in [0, 0.05) is 18.5 Å². The molecule has 56 heavy (non-hydrogen) atoms. The van der Waals surface area contributed by atoms with E-state index in [0.717, 1.165) is 11.1 Å². The Labute approximate surface area is 327 Å². The summed E-state index contributed by atoms with van der Waals surface area (Å²) in [4.78, 5) is 82.6. The molecule has 2 unspecified atom stereocenters. The Morgan fingerprint density at radius 1 is 0.929 bits per heavy atom. The third-order valence-electron chi connectivity index (χ3n) is 10.0. The molecule has 0 aliphatic carbocycles. The normalized spacial score (nSPS) is 20.6. The van der Waals surface area contributed by atoms with Crippen molar-refractivity contribution in [1.29, 1.82) is 0 Å². The van der Waals surface area contributed by atoms with Crippen LogP contribution in [0.1, 0.15) is 77.6 Å². The summed E-state index contributed by atoms with van der Waals surface area (Å²) < 4.78 is 15.6. The molecule has 14 heteroatoms. The number of aromatic nitrogens is 1. The monoisotopic (exact) mass is 771 g/mol. The van der Waals surface area contributed by atoms with Crippen LogP contribution in [-0.2, 0) is 52.8 Å². The van der Waals surface area contributed by atoms with Crippen LogP contribution in [0.4, 0.5) is 0 Å². The molecule has 2 fully saturated rings. The van der Waals surface area contributed by atoms with Crippen molar-refractivity contribution in [3.05, 3.63) is 83.6 Å². The number of hydrogen-bond donors (Lipinski definition) is 3. The minimum atomic E-state index is -1.03. The Morgan fingerprint density at radius 2 is 1.57 bits per heavy atom. The van der Waals surface area contributed by atoms with Gasteiger partial charge in [0.15, 0.2) is 5.78 Å². The number of hydrogen-bond acceptors (Lipinski definition) is 10. The van der Waals surface area contributed by atoms with Crippen LogP contribution in [0.25, 0.3) is 0 Å². The van der Waals surface area contributed by atoms with E-state index in [9.17, 15) is 28.8 Å². The molecule has 0 saturated carbocycles. The molecule has 1 aromatic heterocycles. The lowest BCUT2D eigenvalue weighted by molar-refractivity contribution is -0.142. The van der Waals surface area contributed by atoms with Gasteiger partial charge in [-0.15, -0.1) is 0 Å². The Bertz CT molecular complexity index is 1860. The number of epoxide rings is 1. The Balaban J connectivity index is 1.31. The molecule has 0 spiro atoms. The molecule has 14 nitrogen and oxygen atoms in total. The smallest absolute Gasteiger partial charge is 0.319 e. The number of amides is 4. The number of benzene rings is 2. The quantitative estimate of drug-likeness (QED) is 0.120. The van der Waals surface area contributed by atoms with Crippen LogP contribution >= 0.6 is 0 Å². The summed E-state index contributed by atoms with van der Waals surface area (Å²) in [7, 11) is 0. The number of carbonyl (C=O) groups excluding carboxylic acids is 6. The molecule has 3 N–H and O–H groups in total. The number of Topliss-reactive ketones (excluding diaryl/α,β-unsaturated/α-hetero) is 1. The van der Waals surface area contributed by atoms with Crippen molar-refractivity contribution in [3.8, 4) is 5.95 Å². The van der Waals surface area contributed by atoms with Crippen molar-refractivity contribution < 1.29 is 42.8 Å². The molecule has 4 amide bonds. The second-order valence-corrected chi connectivity index (χ2v) is 15.7. The number of nitrogens with zero attached hydrogens (tertiary/aromatic N) is 2. The van der Waals surface area contributed by atoms with Crippen molar-refractivity contribution in [2.75, 3.05) is 6.61 Å². The number of esters is 1. The van der Waals surface area contributed by atoms with E-state index < -0.39 is 71.3 Å². The van der Waals surface area contributed by atoms with Crippen molar-refractivity contribution >= 4 is 35.4 Å². The van der Waals surface area contributed by atoms with Gasteiger partial charge in [0.1, 0.15) is 23.7 Å². The molecule has 0 radical (unpaired) electrons. The van der Waals surface area contributed by atoms with Crippen LogP contribution in [0.2, 0.25) is 0 Å². The van der Waals surface area contributed by atoms with Gasteiger partial charge in [-0.2, -0.15) is 0 Å². The van der Waals surface area contributed by atoms with Gasteiger partial charge in [-0.1, -0.05) is 93.5 Å². The number of ketones is 1. The Hall–Kier alpha value is -5.37. The summed E-state index contributed by atoms with van der Waals surface area (Å²) in [5, 5.41) is 12.4. The average molecular weight is 772 g/mol. The fraction of sp³-hybridized carbons (Fsp3) is 0.500. The Kier molecular flexibility index (Phi) is 13.8. The van der Waals surface area contributed by atoms with Crippen molar-refractivity contribution in [1.82, 2.24) is 26.0 Å². The largest absolute Gasteiger partial charge is 0.391 e. The zero-order valence-electron chi connectivity index (χ0n) is 32.9. The molecule has 2 saturated heterocycles. The molecular formula is C42H53N5O9. The highest BCUT2D eigenvalue weighted by Gasteiger charge is 2.51. The lowest BCUT2D eigenvalue weighted by Gasteiger charge is -2.33. The summed E-state index contributed by atoms with van der Waals surface area (Å²) in [5.74, 6) is -3.15. The SMILES string of the molecule is CC(C)C[C@H](NC(=O)[C@H](Cc1ccccc1)N1C(=O)[C@@H](NC(=O)[C@H](CCc2ccccc2)NC(=O)Cc2cc(OC(=O)C(C)C)on2)CC1C)C(=O)C1(C)CO1. The highest BCUT2D eigenvalue weighted by Crippen LogP contribution is 2.30. The van der Waals surface area contributed by atoms with Gasteiger partial charge in [-0.3, -0.25) is 28.8 Å². The number of carbonyl (C=O) groups is 6. The molecule has 5 rings (SSSR count). The van der Waals surface area contributed by atoms with E-state index in [1.165, 1.54) is 11.0 Å². The maximum Gasteiger partial charge on any atom is 0.319 e. The number of likely N-dealkylation sites (tertiary alicyclic amines) is 1. The summed E-state index contributed by atoms with van der Waals surface area (Å²) in [6.45, 7) is 11.1. The second-order valence-electron chi connectivity index (χ2n) is 15.7. The van der Waals surface area contributed by atoms with E-state index in [1.54, 1.807) is 20.8 Å². The van der Waals surface area contributed by atoms with Crippen molar-refractivity contribution in [3.63, 3.8) is 0 Å². The first kappa shape index (κ1) is 41.8. The summed E-state index contributed by atoms with van der Waals surface area (Å²) in [6, 6.07) is 15.9.